The van der Waals surface area contributed by atoms with Gasteiger partial charge in [0.1, 0.15) is 11.6 Å². The zero-order chi connectivity index (χ0) is 28.9. The maximum atomic E-state index is 13.6. The second-order valence-electron chi connectivity index (χ2n) is 10.5. The summed E-state index contributed by atoms with van der Waals surface area (Å²) in [5, 5.41) is 10.4. The molecule has 40 heavy (non-hydrogen) atoms. The first-order chi connectivity index (χ1) is 19.0. The van der Waals surface area contributed by atoms with E-state index in [2.05, 4.69) is 15.2 Å². The average Bonchev–Trinajstić information content (AvgIpc) is 3.74. The van der Waals surface area contributed by atoms with Crippen LogP contribution in [0.5, 0.6) is 5.75 Å². The van der Waals surface area contributed by atoms with Crippen molar-refractivity contribution in [3.8, 4) is 5.75 Å². The molecular weight excluding hydrogens is 529 g/mol. The maximum Gasteiger partial charge on any atom is 0.490 e. The number of carbonyl (C=O) groups excluding carboxylic acids is 2. The van der Waals surface area contributed by atoms with Crippen LogP contribution in [0.1, 0.15) is 36.0 Å². The molecule has 3 fully saturated rings. The molecule has 5 rings (SSSR count). The normalized spacial score (nSPS) is 22.4. The van der Waals surface area contributed by atoms with Crippen molar-refractivity contribution in [2.45, 2.75) is 31.9 Å². The number of likely N-dealkylation sites (tertiary alicyclic amines) is 1. The number of aromatic nitrogens is 1. The molecule has 2 aromatic rings. The Morgan fingerprint density at radius 3 is 2.40 bits per heavy atom. The van der Waals surface area contributed by atoms with Crippen molar-refractivity contribution in [2.24, 2.45) is 17.3 Å². The monoisotopic (exact) mass is 562 g/mol. The third-order valence-corrected chi connectivity index (χ3v) is 7.73. The largest absolute Gasteiger partial charge is 0.497 e. The van der Waals surface area contributed by atoms with E-state index in [0.717, 1.165) is 37.5 Å². The van der Waals surface area contributed by atoms with E-state index in [1.807, 2.05) is 47.4 Å². The lowest BCUT2D eigenvalue weighted by molar-refractivity contribution is -0.192. The van der Waals surface area contributed by atoms with E-state index in [1.54, 1.807) is 13.3 Å². The molecule has 0 unspecified atom stereocenters. The summed E-state index contributed by atoms with van der Waals surface area (Å²) in [6, 6.07) is 13.2. The topological polar surface area (TPSA) is 112 Å². The fraction of sp³-hybridized carbons (Fsp3) is 0.500. The molecule has 1 aromatic carbocycles. The van der Waals surface area contributed by atoms with Gasteiger partial charge in [0.15, 0.2) is 0 Å². The van der Waals surface area contributed by atoms with Crippen LogP contribution in [0.4, 0.5) is 19.0 Å². The van der Waals surface area contributed by atoms with Crippen molar-refractivity contribution in [1.29, 1.82) is 0 Å². The Labute approximate surface area is 230 Å². The highest BCUT2D eigenvalue weighted by atomic mass is 19.4. The molecule has 1 saturated carbocycles. The lowest BCUT2D eigenvalue weighted by Crippen LogP contribution is -2.48. The second-order valence-corrected chi connectivity index (χ2v) is 10.5. The van der Waals surface area contributed by atoms with E-state index >= 15 is 0 Å². The lowest BCUT2D eigenvalue weighted by atomic mass is 9.74. The van der Waals surface area contributed by atoms with Gasteiger partial charge in [-0.15, -0.1) is 0 Å². The Morgan fingerprint density at radius 2 is 1.82 bits per heavy atom. The fourth-order valence-electron chi connectivity index (χ4n) is 5.36. The second kappa shape index (κ2) is 12.1. The summed E-state index contributed by atoms with van der Waals surface area (Å²) in [5.74, 6) is -0.268. The minimum absolute atomic E-state index is 0.0168. The molecule has 12 heteroatoms. The summed E-state index contributed by atoms with van der Waals surface area (Å²) in [4.78, 5) is 44.5. The Kier molecular flexibility index (Phi) is 8.85. The minimum atomic E-state index is -5.08. The SMILES string of the molecule is COc1ccc(C(=O)N2CCC[C@]3(C(=O)NCC4CC4)CN(c4ccccn4)C[C@@H]3C2)cc1.O=C(O)C(F)(F)F. The molecule has 0 radical (unpaired) electrons. The highest BCUT2D eigenvalue weighted by Gasteiger charge is 2.54. The number of hydrogen-bond acceptors (Lipinski definition) is 6. The number of fused-ring (bicyclic) bond motifs is 1. The van der Waals surface area contributed by atoms with Crippen LogP contribution < -0.4 is 15.0 Å². The number of carboxylic acid groups (broad SMARTS) is 1. The molecule has 0 bridgehead atoms. The highest BCUT2D eigenvalue weighted by Crippen LogP contribution is 2.44. The first kappa shape index (κ1) is 29.2. The summed E-state index contributed by atoms with van der Waals surface area (Å²) in [6.07, 6.45) is 0.722. The number of nitrogens with zero attached hydrogens (tertiary/aromatic N) is 3. The molecule has 1 aromatic heterocycles. The molecule has 3 heterocycles. The Bertz CT molecular complexity index is 1190. The standard InChI is InChI=1S/C26H32N4O3.C2HF3O2/c1-33-22-10-8-20(9-11-22)24(31)29-14-4-12-26(25(32)28-15-19-6-7-19)18-30(17-21(26)16-29)23-5-2-3-13-27-23;3-2(4,5)1(6)7/h2-3,5,8-11,13,19,21H,4,6-7,12,14-18H2,1H3,(H,28,32);(H,6,7)/t21-,26-;/m0./s1. The zero-order valence-corrected chi connectivity index (χ0v) is 22.2. The molecule has 2 atom stereocenters. The van der Waals surface area contributed by atoms with Crippen LogP contribution in [0.25, 0.3) is 0 Å². The van der Waals surface area contributed by atoms with Crippen LogP contribution in [0.2, 0.25) is 0 Å². The van der Waals surface area contributed by atoms with Gasteiger partial charge in [0.25, 0.3) is 5.91 Å². The van der Waals surface area contributed by atoms with Crippen LogP contribution in [-0.4, -0.2) is 78.8 Å². The van der Waals surface area contributed by atoms with Gasteiger partial charge < -0.3 is 25.0 Å². The molecule has 9 nitrogen and oxygen atoms in total. The Hall–Kier alpha value is -3.83. The molecule has 2 amide bonds. The summed E-state index contributed by atoms with van der Waals surface area (Å²) < 4.78 is 37.0. The molecule has 0 spiro atoms. The van der Waals surface area contributed by atoms with E-state index in [9.17, 15) is 22.8 Å². The van der Waals surface area contributed by atoms with Crippen molar-refractivity contribution in [2.75, 3.05) is 44.7 Å². The number of aliphatic carboxylic acids is 1. The number of carbonyl (C=O) groups is 3. The van der Waals surface area contributed by atoms with Crippen molar-refractivity contribution in [1.82, 2.24) is 15.2 Å². The molecule has 1 aliphatic carbocycles. The third-order valence-electron chi connectivity index (χ3n) is 7.73. The number of nitrogens with one attached hydrogen (secondary N) is 1. The number of halogens is 3. The van der Waals surface area contributed by atoms with Crippen molar-refractivity contribution >= 4 is 23.6 Å². The van der Waals surface area contributed by atoms with Crippen molar-refractivity contribution in [3.05, 3.63) is 54.2 Å². The van der Waals surface area contributed by atoms with Crippen LogP contribution in [0.15, 0.2) is 48.7 Å². The predicted octanol–water partition coefficient (Wildman–Crippen LogP) is 3.61. The smallest absolute Gasteiger partial charge is 0.490 e. The summed E-state index contributed by atoms with van der Waals surface area (Å²) >= 11 is 0. The first-order valence-electron chi connectivity index (χ1n) is 13.2. The molecular formula is C28H33F3N4O5. The number of benzene rings is 1. The van der Waals surface area contributed by atoms with E-state index in [4.69, 9.17) is 14.6 Å². The molecule has 2 saturated heterocycles. The molecule has 3 aliphatic rings. The molecule has 2 N–H and O–H groups in total. The summed E-state index contributed by atoms with van der Waals surface area (Å²) in [7, 11) is 1.62. The zero-order valence-electron chi connectivity index (χ0n) is 22.2. The van der Waals surface area contributed by atoms with Gasteiger partial charge in [-0.05, 0) is 68.0 Å². The minimum Gasteiger partial charge on any atom is -0.497 e. The molecule has 216 valence electrons. The van der Waals surface area contributed by atoms with Crippen molar-refractivity contribution < 1.29 is 37.4 Å². The summed E-state index contributed by atoms with van der Waals surface area (Å²) in [6.45, 7) is 3.38. The number of carboxylic acids is 1. The van der Waals surface area contributed by atoms with Crippen molar-refractivity contribution in [3.63, 3.8) is 0 Å². The number of amides is 2. The van der Waals surface area contributed by atoms with Gasteiger partial charge in [-0.25, -0.2) is 9.78 Å². The Morgan fingerprint density at radius 1 is 1.12 bits per heavy atom. The number of pyridine rings is 1. The van der Waals surface area contributed by atoms with Crippen LogP contribution in [0, 0.1) is 17.3 Å². The van der Waals surface area contributed by atoms with Gasteiger partial charge in [-0.2, -0.15) is 13.2 Å². The number of rotatable bonds is 6. The average molecular weight is 563 g/mol. The van der Waals surface area contributed by atoms with Gasteiger partial charge >= 0.3 is 12.1 Å². The number of alkyl halides is 3. The van der Waals surface area contributed by atoms with E-state index in [1.165, 1.54) is 12.8 Å². The van der Waals surface area contributed by atoms with Gasteiger partial charge in [0, 0.05) is 50.4 Å². The quantitative estimate of drug-likeness (QED) is 0.553. The Balaban J connectivity index is 0.000000470. The number of ether oxygens (including phenoxy) is 1. The van der Waals surface area contributed by atoms with Crippen LogP contribution in [0.3, 0.4) is 0 Å². The van der Waals surface area contributed by atoms with Crippen LogP contribution in [-0.2, 0) is 9.59 Å². The highest BCUT2D eigenvalue weighted by molar-refractivity contribution is 5.94. The fourth-order valence-corrected chi connectivity index (χ4v) is 5.36. The molecule has 2 aliphatic heterocycles. The van der Waals surface area contributed by atoms with Crippen LogP contribution >= 0.6 is 0 Å². The van der Waals surface area contributed by atoms with E-state index < -0.39 is 17.6 Å². The summed E-state index contributed by atoms with van der Waals surface area (Å²) in [5.41, 5.74) is 0.155. The predicted molar refractivity (Wildman–Crippen MR) is 140 cm³/mol. The number of methoxy groups -OCH3 is 1. The lowest BCUT2D eigenvalue weighted by Gasteiger charge is -2.32. The van der Waals surface area contributed by atoms with Gasteiger partial charge in [0.05, 0.1) is 12.5 Å². The van der Waals surface area contributed by atoms with E-state index in [-0.39, 0.29) is 17.7 Å². The van der Waals surface area contributed by atoms with E-state index in [0.29, 0.717) is 31.1 Å². The maximum absolute atomic E-state index is 13.6. The third kappa shape index (κ3) is 6.83. The number of hydrogen-bond donors (Lipinski definition) is 2. The first-order valence-corrected chi connectivity index (χ1v) is 13.2. The number of anilines is 1. The van der Waals surface area contributed by atoms with Gasteiger partial charge in [-0.1, -0.05) is 6.07 Å². The van der Waals surface area contributed by atoms with Gasteiger partial charge in [0.2, 0.25) is 5.91 Å². The van der Waals surface area contributed by atoms with Gasteiger partial charge in [-0.3, -0.25) is 9.59 Å².